The van der Waals surface area contributed by atoms with Gasteiger partial charge in [-0.1, -0.05) is 35.5 Å². The fourth-order valence-electron chi connectivity index (χ4n) is 3.50. The second-order valence-corrected chi connectivity index (χ2v) is 7.98. The average Bonchev–Trinajstić information content (AvgIpc) is 2.74. The predicted molar refractivity (Wildman–Crippen MR) is 111 cm³/mol. The highest BCUT2D eigenvalue weighted by molar-refractivity contribution is 8.03. The number of hydrogen-bond acceptors (Lipinski definition) is 5. The molecule has 1 amide bonds. The SMILES string of the molecule is COc1ccc(N2CSC3=C(C#N)[C@H](c4ccc(Cl)cc4)CC(=O)N3C2)cc1. The molecule has 4 rings (SSSR count). The van der Waals surface area contributed by atoms with E-state index in [0.29, 0.717) is 23.1 Å². The van der Waals surface area contributed by atoms with E-state index in [-0.39, 0.29) is 18.2 Å². The van der Waals surface area contributed by atoms with E-state index in [9.17, 15) is 10.1 Å². The first-order valence-corrected chi connectivity index (χ1v) is 10.2. The van der Waals surface area contributed by atoms with E-state index in [4.69, 9.17) is 16.3 Å². The number of thioether (sulfide) groups is 1. The van der Waals surface area contributed by atoms with Crippen molar-refractivity contribution in [2.24, 2.45) is 0 Å². The number of ether oxygens (including phenoxy) is 1. The van der Waals surface area contributed by atoms with Gasteiger partial charge in [0.1, 0.15) is 5.75 Å². The molecule has 1 fully saturated rings. The summed E-state index contributed by atoms with van der Waals surface area (Å²) < 4.78 is 5.21. The van der Waals surface area contributed by atoms with Crippen LogP contribution in [0.15, 0.2) is 59.1 Å². The van der Waals surface area contributed by atoms with E-state index >= 15 is 0 Å². The fourth-order valence-corrected chi connectivity index (χ4v) is 4.79. The standard InChI is InChI=1S/C21H18ClN3O2S/c1-27-17-8-6-16(7-9-17)24-12-25-20(26)10-18(14-2-4-15(22)5-3-14)19(11-23)21(25)28-13-24/h2-9,18H,10,12-13H2,1H3/t18-/m0/s1. The molecule has 2 heterocycles. The van der Waals surface area contributed by atoms with Crippen LogP contribution in [0.25, 0.3) is 0 Å². The van der Waals surface area contributed by atoms with Gasteiger partial charge >= 0.3 is 0 Å². The van der Waals surface area contributed by atoms with E-state index in [1.54, 1.807) is 24.1 Å². The van der Waals surface area contributed by atoms with Crippen LogP contribution in [0.1, 0.15) is 17.9 Å². The van der Waals surface area contributed by atoms with Gasteiger partial charge in [0.25, 0.3) is 0 Å². The van der Waals surface area contributed by atoms with Gasteiger partial charge in [0.15, 0.2) is 0 Å². The highest BCUT2D eigenvalue weighted by atomic mass is 35.5. The van der Waals surface area contributed by atoms with Crippen molar-refractivity contribution in [3.05, 3.63) is 69.7 Å². The lowest BCUT2D eigenvalue weighted by Gasteiger charge is -2.42. The zero-order valence-corrected chi connectivity index (χ0v) is 16.8. The number of rotatable bonds is 3. The molecule has 0 aliphatic carbocycles. The summed E-state index contributed by atoms with van der Waals surface area (Å²) in [7, 11) is 1.63. The van der Waals surface area contributed by atoms with Crippen LogP contribution in [-0.4, -0.2) is 30.5 Å². The fraction of sp³-hybridized carbons (Fsp3) is 0.238. The Bertz CT molecular complexity index is 967. The molecular formula is C21H18ClN3O2S. The van der Waals surface area contributed by atoms with Crippen LogP contribution in [0.4, 0.5) is 5.69 Å². The molecule has 0 spiro atoms. The summed E-state index contributed by atoms with van der Waals surface area (Å²) in [5, 5.41) is 11.2. The predicted octanol–water partition coefficient (Wildman–Crippen LogP) is 4.57. The van der Waals surface area contributed by atoms with E-state index in [0.717, 1.165) is 22.0 Å². The maximum Gasteiger partial charge on any atom is 0.229 e. The zero-order valence-electron chi connectivity index (χ0n) is 15.3. The van der Waals surface area contributed by atoms with Gasteiger partial charge in [-0.2, -0.15) is 5.26 Å². The van der Waals surface area contributed by atoms with Gasteiger partial charge in [-0.05, 0) is 42.0 Å². The van der Waals surface area contributed by atoms with Crippen molar-refractivity contribution >= 4 is 35.0 Å². The minimum atomic E-state index is -0.221. The Labute approximate surface area is 173 Å². The zero-order chi connectivity index (χ0) is 19.7. The third-order valence-electron chi connectivity index (χ3n) is 5.00. The third kappa shape index (κ3) is 3.44. The lowest BCUT2D eigenvalue weighted by Crippen LogP contribution is -2.47. The number of benzene rings is 2. The average molecular weight is 412 g/mol. The Kier molecular flexibility index (Phi) is 5.21. The number of methoxy groups -OCH3 is 1. The summed E-state index contributed by atoms with van der Waals surface area (Å²) in [6.07, 6.45) is 0.283. The van der Waals surface area contributed by atoms with Gasteiger partial charge in [-0.25, -0.2) is 0 Å². The first-order valence-electron chi connectivity index (χ1n) is 8.82. The number of nitrogens with zero attached hydrogens (tertiary/aromatic N) is 3. The van der Waals surface area contributed by atoms with Crippen molar-refractivity contribution < 1.29 is 9.53 Å². The number of amides is 1. The first kappa shape index (κ1) is 18.7. The quantitative estimate of drug-likeness (QED) is 0.740. The summed E-state index contributed by atoms with van der Waals surface area (Å²) in [6.45, 7) is 0.437. The first-order chi connectivity index (χ1) is 13.6. The van der Waals surface area contributed by atoms with Crippen molar-refractivity contribution in [1.29, 1.82) is 5.26 Å². The van der Waals surface area contributed by atoms with Crippen molar-refractivity contribution in [3.8, 4) is 11.8 Å². The van der Waals surface area contributed by atoms with Gasteiger partial charge < -0.3 is 9.64 Å². The van der Waals surface area contributed by atoms with Gasteiger partial charge in [0, 0.05) is 23.0 Å². The molecule has 1 saturated heterocycles. The van der Waals surface area contributed by atoms with Crippen LogP contribution in [0, 0.1) is 11.3 Å². The lowest BCUT2D eigenvalue weighted by atomic mass is 9.86. The summed E-state index contributed by atoms with van der Waals surface area (Å²) in [6, 6.07) is 17.5. The molecule has 0 aromatic heterocycles. The number of nitriles is 1. The molecule has 28 heavy (non-hydrogen) atoms. The minimum absolute atomic E-state index is 0.0275. The number of carbonyl (C=O) groups excluding carboxylic acids is 1. The molecule has 0 radical (unpaired) electrons. The van der Waals surface area contributed by atoms with Crippen LogP contribution < -0.4 is 9.64 Å². The highest BCUT2D eigenvalue weighted by Crippen LogP contribution is 2.43. The Morgan fingerprint density at radius 3 is 2.54 bits per heavy atom. The molecule has 1 atom stereocenters. The molecule has 2 aliphatic heterocycles. The highest BCUT2D eigenvalue weighted by Gasteiger charge is 2.38. The lowest BCUT2D eigenvalue weighted by molar-refractivity contribution is -0.129. The molecule has 2 aromatic carbocycles. The van der Waals surface area contributed by atoms with Gasteiger partial charge in [0.2, 0.25) is 5.91 Å². The molecular weight excluding hydrogens is 394 g/mol. The monoisotopic (exact) mass is 411 g/mol. The van der Waals surface area contributed by atoms with E-state index in [1.807, 2.05) is 36.4 Å². The number of fused-ring (bicyclic) bond motifs is 1. The van der Waals surface area contributed by atoms with Crippen LogP contribution >= 0.6 is 23.4 Å². The van der Waals surface area contributed by atoms with E-state index in [1.165, 1.54) is 11.8 Å². The number of allylic oxidation sites excluding steroid dienone is 1. The maximum atomic E-state index is 12.9. The van der Waals surface area contributed by atoms with Crippen LogP contribution in [0.5, 0.6) is 5.75 Å². The molecule has 2 aromatic rings. The molecule has 0 saturated carbocycles. The van der Waals surface area contributed by atoms with Crippen molar-refractivity contribution in [2.75, 3.05) is 24.6 Å². The number of anilines is 1. The molecule has 0 bridgehead atoms. The van der Waals surface area contributed by atoms with Gasteiger partial charge in [-0.15, -0.1) is 0 Å². The molecule has 0 N–H and O–H groups in total. The van der Waals surface area contributed by atoms with E-state index in [2.05, 4.69) is 11.0 Å². The molecule has 2 aliphatic rings. The molecule has 142 valence electrons. The maximum absolute atomic E-state index is 12.9. The number of hydrogen-bond donors (Lipinski definition) is 0. The van der Waals surface area contributed by atoms with Gasteiger partial charge in [0.05, 0.1) is 36.3 Å². The Balaban J connectivity index is 1.62. The second kappa shape index (κ2) is 7.78. The minimum Gasteiger partial charge on any atom is -0.497 e. The van der Waals surface area contributed by atoms with Crippen molar-refractivity contribution in [1.82, 2.24) is 4.90 Å². The smallest absolute Gasteiger partial charge is 0.229 e. The largest absolute Gasteiger partial charge is 0.497 e. The second-order valence-electron chi connectivity index (χ2n) is 6.61. The third-order valence-corrected chi connectivity index (χ3v) is 6.41. The van der Waals surface area contributed by atoms with Crippen molar-refractivity contribution in [3.63, 3.8) is 0 Å². The number of carbonyl (C=O) groups is 1. The Hall–Kier alpha value is -2.62. The van der Waals surface area contributed by atoms with Crippen LogP contribution in [0.3, 0.4) is 0 Å². The van der Waals surface area contributed by atoms with Gasteiger partial charge in [-0.3, -0.25) is 9.69 Å². The Morgan fingerprint density at radius 2 is 1.89 bits per heavy atom. The normalized spacial score (nSPS) is 19.3. The summed E-state index contributed by atoms with van der Waals surface area (Å²) in [5.74, 6) is 1.27. The van der Waals surface area contributed by atoms with Crippen LogP contribution in [0.2, 0.25) is 5.02 Å². The number of halogens is 1. The Morgan fingerprint density at radius 1 is 1.18 bits per heavy atom. The molecule has 5 nitrogen and oxygen atoms in total. The van der Waals surface area contributed by atoms with E-state index < -0.39 is 0 Å². The molecule has 7 heteroatoms. The van der Waals surface area contributed by atoms with Crippen molar-refractivity contribution in [2.45, 2.75) is 12.3 Å². The summed E-state index contributed by atoms with van der Waals surface area (Å²) >= 11 is 7.51. The topological polar surface area (TPSA) is 56.6 Å². The summed E-state index contributed by atoms with van der Waals surface area (Å²) in [4.78, 5) is 16.8. The molecule has 0 unspecified atom stereocenters. The van der Waals surface area contributed by atoms with Crippen LogP contribution in [-0.2, 0) is 4.79 Å². The summed E-state index contributed by atoms with van der Waals surface area (Å²) in [5.41, 5.74) is 2.61.